The van der Waals surface area contributed by atoms with Crippen molar-refractivity contribution < 1.29 is 0 Å². The number of piperazine rings is 4. The van der Waals surface area contributed by atoms with Gasteiger partial charge in [-0.25, -0.2) is 19.9 Å². The molecule has 4 aliphatic rings. The lowest BCUT2D eigenvalue weighted by Gasteiger charge is -2.34. The maximum atomic E-state index is 4.85. The number of rotatable bonds is 8. The summed E-state index contributed by atoms with van der Waals surface area (Å²) in [5, 5.41) is 7.20. The zero-order valence-corrected chi connectivity index (χ0v) is 54.5. The molecule has 16 nitrogen and oxygen atoms in total. The molecule has 16 heteroatoms. The summed E-state index contributed by atoms with van der Waals surface area (Å²) in [6, 6.07) is 21.0. The molecule has 84 heavy (non-hydrogen) atoms. The van der Waals surface area contributed by atoms with E-state index in [1.807, 2.05) is 105 Å². The molecule has 456 valence electrons. The number of pyridine rings is 8. The number of hydrogen-bond donors (Lipinski definition) is 0. The Kier molecular flexibility index (Phi) is 29.3. The van der Waals surface area contributed by atoms with Crippen molar-refractivity contribution >= 4 is 66.6 Å². The minimum absolute atomic E-state index is 0.952. The standard InChI is InChI=1S/4C15H20N4.4C2H6/c1-3-13-10-12-11-16-5-4-14(12)15(17-13)19-8-6-18(2)7-9-19;1-3-13-10-12-4-5-16-11-14(12)15(17-13)19-8-6-18(2)7-9-19;1-3-13-11-12-5-4-6-16-14(12)15(17-13)19-9-7-18(2)8-10-19;1-3-12-11-14-13(5-4-6-16-14)15(17-12)19-9-7-18(2)8-10-19;4*1-2/h2*4-5,10-11H,3,6-9H2,1-2H3;2*4-6,11H,3,7-10H2,1-2H3;4*1-2H3. The van der Waals surface area contributed by atoms with Crippen molar-refractivity contribution in [3.63, 3.8) is 0 Å². The lowest BCUT2D eigenvalue weighted by atomic mass is 10.1. The average molecular weight is 1150 g/mol. The third-order valence-corrected chi connectivity index (χ3v) is 15.2. The normalized spacial score (nSPS) is 15.7. The molecule has 0 aromatic carbocycles. The molecule has 0 atom stereocenters. The first-order valence-electron chi connectivity index (χ1n) is 31.8. The smallest absolute Gasteiger partial charge is 0.155 e. The number of nitrogens with zero attached hydrogens (tertiary/aromatic N) is 16. The van der Waals surface area contributed by atoms with Crippen molar-refractivity contribution in [3.8, 4) is 0 Å². The minimum Gasteiger partial charge on any atom is -0.354 e. The average Bonchev–Trinajstić information content (AvgIpc) is 3.01. The fourth-order valence-electron chi connectivity index (χ4n) is 10.2. The second-order valence-electron chi connectivity index (χ2n) is 20.7. The molecule has 0 radical (unpaired) electrons. The molecule has 4 fully saturated rings. The van der Waals surface area contributed by atoms with E-state index < -0.39 is 0 Å². The quantitative estimate of drug-likeness (QED) is 0.143. The molecule has 12 rings (SSSR count). The number of hydrogen-bond acceptors (Lipinski definition) is 16. The van der Waals surface area contributed by atoms with Gasteiger partial charge in [0.1, 0.15) is 23.0 Å². The third kappa shape index (κ3) is 18.6. The first kappa shape index (κ1) is 68.1. The van der Waals surface area contributed by atoms with Crippen LogP contribution in [0.15, 0.2) is 97.8 Å². The first-order chi connectivity index (χ1) is 41.1. The van der Waals surface area contributed by atoms with E-state index in [9.17, 15) is 0 Å². The second-order valence-corrected chi connectivity index (χ2v) is 20.7. The predicted molar refractivity (Wildman–Crippen MR) is 360 cm³/mol. The largest absolute Gasteiger partial charge is 0.354 e. The molecule has 0 unspecified atom stereocenters. The van der Waals surface area contributed by atoms with Crippen molar-refractivity contribution in [2.45, 2.75) is 109 Å². The van der Waals surface area contributed by atoms with Crippen LogP contribution in [-0.4, -0.2) is 192 Å². The number of anilines is 4. The van der Waals surface area contributed by atoms with E-state index in [-0.39, 0.29) is 0 Å². The van der Waals surface area contributed by atoms with Gasteiger partial charge in [-0.15, -0.1) is 0 Å². The van der Waals surface area contributed by atoms with Crippen molar-refractivity contribution in [2.24, 2.45) is 0 Å². The van der Waals surface area contributed by atoms with E-state index in [2.05, 4.69) is 164 Å². The summed E-state index contributed by atoms with van der Waals surface area (Å²) in [6.45, 7) is 41.7. The molecule has 8 aromatic heterocycles. The van der Waals surface area contributed by atoms with Crippen LogP contribution in [0.5, 0.6) is 0 Å². The molecular formula is C68H104N16. The monoisotopic (exact) mass is 1140 g/mol. The molecule has 0 spiro atoms. The number of fused-ring (bicyclic) bond motifs is 4. The number of aryl methyl sites for hydroxylation is 4. The summed E-state index contributed by atoms with van der Waals surface area (Å²) in [5.74, 6) is 4.40. The van der Waals surface area contributed by atoms with Crippen molar-refractivity contribution in [1.29, 1.82) is 0 Å². The third-order valence-electron chi connectivity index (χ3n) is 15.2. The van der Waals surface area contributed by atoms with Gasteiger partial charge in [0.15, 0.2) is 5.82 Å². The molecule has 4 aliphatic heterocycles. The maximum absolute atomic E-state index is 4.85. The van der Waals surface area contributed by atoms with Crippen LogP contribution in [-0.2, 0) is 25.7 Å². The molecule has 0 N–H and O–H groups in total. The Bertz CT molecular complexity index is 2720. The Morgan fingerprint density at radius 1 is 0.333 bits per heavy atom. The zero-order chi connectivity index (χ0) is 61.0. The van der Waals surface area contributed by atoms with E-state index in [0.29, 0.717) is 0 Å². The van der Waals surface area contributed by atoms with Gasteiger partial charge in [0.05, 0.1) is 5.52 Å². The highest BCUT2D eigenvalue weighted by Crippen LogP contribution is 2.30. The molecule has 8 aromatic rings. The van der Waals surface area contributed by atoms with Gasteiger partial charge in [0.25, 0.3) is 0 Å². The maximum Gasteiger partial charge on any atom is 0.155 e. The summed E-state index contributed by atoms with van der Waals surface area (Å²) in [6.07, 6.45) is 15.2. The van der Waals surface area contributed by atoms with Crippen LogP contribution in [0.4, 0.5) is 23.3 Å². The molecule has 0 aliphatic carbocycles. The minimum atomic E-state index is 0.952. The van der Waals surface area contributed by atoms with Crippen LogP contribution >= 0.6 is 0 Å². The van der Waals surface area contributed by atoms with Gasteiger partial charge in [-0.05, 0) is 114 Å². The molecule has 0 saturated carbocycles. The van der Waals surface area contributed by atoms with Crippen LogP contribution in [0.2, 0.25) is 0 Å². The molecule has 0 amide bonds. The van der Waals surface area contributed by atoms with Gasteiger partial charge < -0.3 is 39.2 Å². The van der Waals surface area contributed by atoms with Crippen LogP contribution in [0.1, 0.15) is 106 Å². The highest BCUT2D eigenvalue weighted by molar-refractivity contribution is 5.93. The zero-order valence-electron chi connectivity index (χ0n) is 54.5. The SMILES string of the molecule is CC.CC.CC.CC.CCc1cc2cccnc2c(N2CCN(C)CC2)n1.CCc1cc2ccncc2c(N2CCN(C)CC2)n1.CCc1cc2cnccc2c(N2CCN(C)CC2)n1.CCc1cc2ncccc2c(N2CCN(C)CC2)n1. The van der Waals surface area contributed by atoms with Crippen LogP contribution in [0.3, 0.4) is 0 Å². The summed E-state index contributed by atoms with van der Waals surface area (Å²) in [7, 11) is 8.69. The molecular weight excluding hydrogens is 1040 g/mol. The van der Waals surface area contributed by atoms with Crippen molar-refractivity contribution in [1.82, 2.24) is 59.5 Å². The van der Waals surface area contributed by atoms with Crippen LogP contribution < -0.4 is 19.6 Å². The van der Waals surface area contributed by atoms with Crippen LogP contribution in [0.25, 0.3) is 43.4 Å². The van der Waals surface area contributed by atoms with E-state index in [1.165, 1.54) is 32.3 Å². The van der Waals surface area contributed by atoms with Gasteiger partial charge in [0.2, 0.25) is 0 Å². The van der Waals surface area contributed by atoms with E-state index in [0.717, 1.165) is 187 Å². The molecule has 4 saturated heterocycles. The Balaban J connectivity index is 0.000000197. The fraction of sp³-hybridized carbons (Fsp3) is 0.529. The highest BCUT2D eigenvalue weighted by Gasteiger charge is 2.22. The fourth-order valence-corrected chi connectivity index (χ4v) is 10.2. The number of aromatic nitrogens is 8. The summed E-state index contributed by atoms with van der Waals surface area (Å²) in [5.41, 5.74) is 6.67. The van der Waals surface area contributed by atoms with E-state index in [1.54, 1.807) is 0 Å². The van der Waals surface area contributed by atoms with Crippen molar-refractivity contribution in [3.05, 3.63) is 121 Å². The lowest BCUT2D eigenvalue weighted by Crippen LogP contribution is -2.45. The second kappa shape index (κ2) is 36.2. The van der Waals surface area contributed by atoms with Gasteiger partial charge in [-0.3, -0.25) is 19.9 Å². The van der Waals surface area contributed by atoms with E-state index >= 15 is 0 Å². The molecule has 12 heterocycles. The van der Waals surface area contributed by atoms with Gasteiger partial charge in [-0.1, -0.05) is 89.2 Å². The summed E-state index contributed by atoms with van der Waals surface area (Å²) >= 11 is 0. The van der Waals surface area contributed by atoms with Gasteiger partial charge in [0, 0.05) is 192 Å². The summed E-state index contributed by atoms with van der Waals surface area (Å²) in [4.78, 5) is 55.8. The topological polar surface area (TPSA) is 129 Å². The summed E-state index contributed by atoms with van der Waals surface area (Å²) < 4.78 is 0. The van der Waals surface area contributed by atoms with Crippen molar-refractivity contribution in [2.75, 3.05) is 153 Å². The Morgan fingerprint density at radius 2 is 0.702 bits per heavy atom. The number of likely N-dealkylation sites (N-methyl/N-ethyl adjacent to an activating group) is 4. The van der Waals surface area contributed by atoms with Gasteiger partial charge in [-0.2, -0.15) is 0 Å². The Labute approximate surface area is 505 Å². The van der Waals surface area contributed by atoms with E-state index in [4.69, 9.17) is 19.9 Å². The van der Waals surface area contributed by atoms with Crippen LogP contribution in [0, 0.1) is 0 Å². The predicted octanol–water partition coefficient (Wildman–Crippen LogP) is 11.9. The highest BCUT2D eigenvalue weighted by atomic mass is 15.3. The Morgan fingerprint density at radius 3 is 1.19 bits per heavy atom. The van der Waals surface area contributed by atoms with Gasteiger partial charge >= 0.3 is 0 Å². The Hall–Kier alpha value is -6.72. The molecule has 0 bridgehead atoms. The lowest BCUT2D eigenvalue weighted by molar-refractivity contribution is 0.312. The first-order valence-corrected chi connectivity index (χ1v) is 31.8.